The number of hydrogen-bond acceptors (Lipinski definition) is 3. The summed E-state index contributed by atoms with van der Waals surface area (Å²) < 4.78 is 0. The van der Waals surface area contributed by atoms with Gasteiger partial charge in [-0.3, -0.25) is 0 Å². The monoisotopic (exact) mass is 252 g/mol. The molecule has 1 atom stereocenters. The SMILES string of the molecule is CC1CCC(C(CN)NCc2cccs2)CC1. The summed E-state index contributed by atoms with van der Waals surface area (Å²) in [6.07, 6.45) is 5.45. The summed E-state index contributed by atoms with van der Waals surface area (Å²) >= 11 is 1.82. The summed E-state index contributed by atoms with van der Waals surface area (Å²) in [5, 5.41) is 5.78. The maximum Gasteiger partial charge on any atom is 0.0302 e. The molecule has 1 aromatic rings. The van der Waals surface area contributed by atoms with Gasteiger partial charge in [-0.15, -0.1) is 11.3 Å². The normalized spacial score (nSPS) is 26.9. The topological polar surface area (TPSA) is 38.0 Å². The van der Waals surface area contributed by atoms with E-state index < -0.39 is 0 Å². The van der Waals surface area contributed by atoms with E-state index in [2.05, 4.69) is 29.8 Å². The van der Waals surface area contributed by atoms with E-state index in [1.54, 1.807) is 0 Å². The van der Waals surface area contributed by atoms with Gasteiger partial charge in [0.25, 0.3) is 0 Å². The first-order chi connectivity index (χ1) is 8.29. The predicted molar refractivity (Wildman–Crippen MR) is 75.1 cm³/mol. The molecule has 0 amide bonds. The Morgan fingerprint density at radius 2 is 2.18 bits per heavy atom. The summed E-state index contributed by atoms with van der Waals surface area (Å²) in [6, 6.07) is 4.81. The van der Waals surface area contributed by atoms with E-state index in [9.17, 15) is 0 Å². The largest absolute Gasteiger partial charge is 0.329 e. The van der Waals surface area contributed by atoms with Crippen LogP contribution >= 0.6 is 11.3 Å². The fraction of sp³-hybridized carbons (Fsp3) is 0.714. The van der Waals surface area contributed by atoms with Crippen molar-refractivity contribution in [1.82, 2.24) is 5.32 Å². The van der Waals surface area contributed by atoms with Crippen LogP contribution in [-0.2, 0) is 6.54 Å². The van der Waals surface area contributed by atoms with Crippen molar-refractivity contribution in [2.24, 2.45) is 17.6 Å². The Morgan fingerprint density at radius 3 is 2.76 bits per heavy atom. The number of nitrogens with two attached hydrogens (primary N) is 1. The van der Waals surface area contributed by atoms with Gasteiger partial charge < -0.3 is 11.1 Å². The molecular weight excluding hydrogens is 228 g/mol. The maximum absolute atomic E-state index is 5.92. The van der Waals surface area contributed by atoms with Crippen molar-refractivity contribution in [3.05, 3.63) is 22.4 Å². The fourth-order valence-electron chi connectivity index (χ4n) is 2.78. The molecule has 0 aromatic carbocycles. The first kappa shape index (κ1) is 13.1. The Labute approximate surface area is 109 Å². The molecule has 0 radical (unpaired) electrons. The van der Waals surface area contributed by atoms with Gasteiger partial charge in [0.1, 0.15) is 0 Å². The van der Waals surface area contributed by atoms with Gasteiger partial charge in [0.05, 0.1) is 0 Å². The highest BCUT2D eigenvalue weighted by Crippen LogP contribution is 2.30. The van der Waals surface area contributed by atoms with Gasteiger partial charge >= 0.3 is 0 Å². The second-order valence-electron chi connectivity index (χ2n) is 5.32. The molecule has 0 bridgehead atoms. The van der Waals surface area contributed by atoms with Crippen LogP contribution in [0.25, 0.3) is 0 Å². The van der Waals surface area contributed by atoms with Crippen LogP contribution in [0.15, 0.2) is 17.5 Å². The highest BCUT2D eigenvalue weighted by Gasteiger charge is 2.24. The molecule has 0 saturated heterocycles. The second-order valence-corrected chi connectivity index (χ2v) is 6.35. The highest BCUT2D eigenvalue weighted by atomic mass is 32.1. The van der Waals surface area contributed by atoms with Crippen molar-refractivity contribution in [2.75, 3.05) is 6.54 Å². The van der Waals surface area contributed by atoms with Crippen LogP contribution in [0, 0.1) is 11.8 Å². The van der Waals surface area contributed by atoms with E-state index in [0.29, 0.717) is 6.04 Å². The molecule has 0 aliphatic heterocycles. The van der Waals surface area contributed by atoms with Crippen LogP contribution in [0.5, 0.6) is 0 Å². The Balaban J connectivity index is 1.80. The fourth-order valence-corrected chi connectivity index (χ4v) is 3.43. The quantitative estimate of drug-likeness (QED) is 0.845. The lowest BCUT2D eigenvalue weighted by Gasteiger charge is -2.32. The number of rotatable bonds is 5. The Morgan fingerprint density at radius 1 is 1.41 bits per heavy atom. The van der Waals surface area contributed by atoms with Crippen LogP contribution in [0.4, 0.5) is 0 Å². The van der Waals surface area contributed by atoms with Gasteiger partial charge in [-0.2, -0.15) is 0 Å². The van der Waals surface area contributed by atoms with E-state index in [0.717, 1.165) is 24.9 Å². The van der Waals surface area contributed by atoms with E-state index in [4.69, 9.17) is 5.73 Å². The lowest BCUT2D eigenvalue weighted by molar-refractivity contribution is 0.232. The maximum atomic E-state index is 5.92. The Hall–Kier alpha value is -0.380. The van der Waals surface area contributed by atoms with Crippen molar-refractivity contribution in [3.8, 4) is 0 Å². The van der Waals surface area contributed by atoms with Gasteiger partial charge in [0, 0.05) is 24.0 Å². The summed E-state index contributed by atoms with van der Waals surface area (Å²) in [5.74, 6) is 1.71. The minimum absolute atomic E-state index is 0.504. The summed E-state index contributed by atoms with van der Waals surface area (Å²) in [4.78, 5) is 1.41. The Kier molecular flexibility index (Phi) is 5.01. The third-order valence-corrected chi connectivity index (χ3v) is 4.88. The van der Waals surface area contributed by atoms with Crippen LogP contribution in [-0.4, -0.2) is 12.6 Å². The van der Waals surface area contributed by atoms with Crippen LogP contribution in [0.1, 0.15) is 37.5 Å². The zero-order valence-electron chi connectivity index (χ0n) is 10.7. The number of hydrogen-bond donors (Lipinski definition) is 2. The van der Waals surface area contributed by atoms with Crippen molar-refractivity contribution >= 4 is 11.3 Å². The third-order valence-electron chi connectivity index (χ3n) is 4.00. The molecule has 17 heavy (non-hydrogen) atoms. The predicted octanol–water partition coefficient (Wildman–Crippen LogP) is 2.99. The number of thiophene rings is 1. The molecule has 1 fully saturated rings. The second kappa shape index (κ2) is 6.53. The molecule has 1 aliphatic carbocycles. The van der Waals surface area contributed by atoms with Crippen molar-refractivity contribution in [1.29, 1.82) is 0 Å². The summed E-state index contributed by atoms with van der Waals surface area (Å²) in [7, 11) is 0. The van der Waals surface area contributed by atoms with Gasteiger partial charge in [0.15, 0.2) is 0 Å². The molecule has 96 valence electrons. The lowest BCUT2D eigenvalue weighted by atomic mass is 9.79. The molecule has 2 nitrogen and oxygen atoms in total. The lowest BCUT2D eigenvalue weighted by Crippen LogP contribution is -2.42. The number of nitrogens with one attached hydrogen (secondary N) is 1. The van der Waals surface area contributed by atoms with Crippen molar-refractivity contribution in [3.63, 3.8) is 0 Å². The van der Waals surface area contributed by atoms with E-state index in [1.807, 2.05) is 11.3 Å². The highest BCUT2D eigenvalue weighted by molar-refractivity contribution is 7.09. The minimum Gasteiger partial charge on any atom is -0.329 e. The molecule has 0 spiro atoms. The Bertz CT molecular complexity index is 302. The third kappa shape index (κ3) is 3.80. The van der Waals surface area contributed by atoms with Gasteiger partial charge in [-0.25, -0.2) is 0 Å². The zero-order valence-corrected chi connectivity index (χ0v) is 11.5. The molecule has 1 heterocycles. The average molecular weight is 252 g/mol. The van der Waals surface area contributed by atoms with E-state index in [-0.39, 0.29) is 0 Å². The van der Waals surface area contributed by atoms with E-state index in [1.165, 1.54) is 30.6 Å². The standard InChI is InChI=1S/C14H24N2S/c1-11-4-6-12(7-5-11)14(9-15)16-10-13-3-2-8-17-13/h2-3,8,11-12,14,16H,4-7,9-10,15H2,1H3. The molecule has 1 aromatic heterocycles. The minimum atomic E-state index is 0.504. The molecule has 3 heteroatoms. The summed E-state index contributed by atoms with van der Waals surface area (Å²) in [6.45, 7) is 4.11. The van der Waals surface area contributed by atoms with Gasteiger partial charge in [0.2, 0.25) is 0 Å². The molecule has 2 rings (SSSR count). The van der Waals surface area contributed by atoms with Crippen molar-refractivity contribution in [2.45, 2.75) is 45.2 Å². The van der Waals surface area contributed by atoms with E-state index >= 15 is 0 Å². The molecule has 1 saturated carbocycles. The molecule has 3 N–H and O–H groups in total. The van der Waals surface area contributed by atoms with Crippen LogP contribution in [0.2, 0.25) is 0 Å². The van der Waals surface area contributed by atoms with Crippen LogP contribution in [0.3, 0.4) is 0 Å². The molecule has 1 unspecified atom stereocenters. The van der Waals surface area contributed by atoms with Crippen molar-refractivity contribution < 1.29 is 0 Å². The zero-order chi connectivity index (χ0) is 12.1. The van der Waals surface area contributed by atoms with Crippen LogP contribution < -0.4 is 11.1 Å². The van der Waals surface area contributed by atoms with Gasteiger partial charge in [-0.1, -0.05) is 25.8 Å². The smallest absolute Gasteiger partial charge is 0.0302 e. The first-order valence-electron chi connectivity index (χ1n) is 6.75. The average Bonchev–Trinajstić information content (AvgIpc) is 2.85. The first-order valence-corrected chi connectivity index (χ1v) is 7.63. The van der Waals surface area contributed by atoms with Gasteiger partial charge in [-0.05, 0) is 36.1 Å². The molecule has 1 aliphatic rings. The molecular formula is C14H24N2S. The summed E-state index contributed by atoms with van der Waals surface area (Å²) in [5.41, 5.74) is 5.92.